The van der Waals surface area contributed by atoms with Crippen molar-refractivity contribution < 1.29 is 0 Å². The third-order valence-electron chi connectivity index (χ3n) is 1.84. The third-order valence-corrected chi connectivity index (χ3v) is 2.42. The van der Waals surface area contributed by atoms with Gasteiger partial charge in [0.25, 0.3) is 0 Å². The van der Waals surface area contributed by atoms with Crippen LogP contribution in [0.3, 0.4) is 0 Å². The van der Waals surface area contributed by atoms with Crippen molar-refractivity contribution >= 4 is 15.9 Å². The summed E-state index contributed by atoms with van der Waals surface area (Å²) in [6.45, 7) is 0. The molecule has 2 rings (SSSR count). The Bertz CT molecular complexity index is 350. The summed E-state index contributed by atoms with van der Waals surface area (Å²) < 4.78 is 0.800. The minimum Gasteiger partial charge on any atom is -0.240 e. The number of aromatic nitrogens is 2. The maximum Gasteiger partial charge on any atom is 0.132 e. The van der Waals surface area contributed by atoms with Crippen LogP contribution in [-0.2, 0) is 0 Å². The maximum absolute atomic E-state index is 5.27. The van der Waals surface area contributed by atoms with Gasteiger partial charge in [0.2, 0.25) is 0 Å². The fourth-order valence-electron chi connectivity index (χ4n) is 1.02. The molecular formula is C9H7BrN2. The highest BCUT2D eigenvalue weighted by molar-refractivity contribution is 9.10. The van der Waals surface area contributed by atoms with Gasteiger partial charge in [-0.15, -0.1) is 6.42 Å². The topological polar surface area (TPSA) is 25.8 Å². The first-order valence-corrected chi connectivity index (χ1v) is 4.59. The maximum atomic E-state index is 5.27. The minimum absolute atomic E-state index is 0.560. The van der Waals surface area contributed by atoms with E-state index in [1.807, 2.05) is 0 Å². The van der Waals surface area contributed by atoms with Crippen LogP contribution in [0.25, 0.3) is 0 Å². The van der Waals surface area contributed by atoms with E-state index in [4.69, 9.17) is 6.42 Å². The Morgan fingerprint density at radius 3 is 2.92 bits per heavy atom. The zero-order valence-electron chi connectivity index (χ0n) is 6.42. The molecule has 1 aliphatic carbocycles. The average Bonchev–Trinajstić information content (AvgIpc) is 2.88. The quantitative estimate of drug-likeness (QED) is 0.681. The molecule has 0 aliphatic heterocycles. The van der Waals surface area contributed by atoms with Crippen LogP contribution in [0.15, 0.2) is 10.7 Å². The second-order valence-corrected chi connectivity index (χ2v) is 3.70. The summed E-state index contributed by atoms with van der Waals surface area (Å²) in [5.41, 5.74) is 0.659. The first-order valence-electron chi connectivity index (χ1n) is 3.80. The fourth-order valence-corrected chi connectivity index (χ4v) is 1.33. The Morgan fingerprint density at radius 1 is 1.58 bits per heavy atom. The van der Waals surface area contributed by atoms with Gasteiger partial charge in [-0.25, -0.2) is 9.97 Å². The van der Waals surface area contributed by atoms with Gasteiger partial charge in [-0.05, 0) is 34.7 Å². The summed E-state index contributed by atoms with van der Waals surface area (Å²) in [6, 6.07) is 0. The van der Waals surface area contributed by atoms with Crippen LogP contribution in [0.2, 0.25) is 0 Å². The highest BCUT2D eigenvalue weighted by atomic mass is 79.9. The first kappa shape index (κ1) is 7.75. The van der Waals surface area contributed by atoms with E-state index in [-0.39, 0.29) is 0 Å². The molecule has 1 aromatic heterocycles. The molecule has 0 bridgehead atoms. The molecular weight excluding hydrogens is 216 g/mol. The fraction of sp³-hybridized carbons (Fsp3) is 0.333. The molecule has 1 heterocycles. The Kier molecular flexibility index (Phi) is 1.86. The zero-order chi connectivity index (χ0) is 8.55. The molecule has 60 valence electrons. The Hall–Kier alpha value is -0.880. The molecule has 0 amide bonds. The standard InChI is InChI=1S/C9H7BrN2/c1-2-8-7(10)5-11-9(12-8)6-3-4-6/h1,5-6H,3-4H2. The van der Waals surface area contributed by atoms with E-state index >= 15 is 0 Å². The molecule has 0 spiro atoms. The van der Waals surface area contributed by atoms with Crippen molar-refractivity contribution in [3.8, 4) is 12.3 Å². The number of halogens is 1. The molecule has 0 saturated heterocycles. The van der Waals surface area contributed by atoms with Crippen LogP contribution in [0.5, 0.6) is 0 Å². The van der Waals surface area contributed by atoms with Crippen molar-refractivity contribution in [2.24, 2.45) is 0 Å². The van der Waals surface area contributed by atoms with Crippen molar-refractivity contribution in [1.82, 2.24) is 9.97 Å². The summed E-state index contributed by atoms with van der Waals surface area (Å²) >= 11 is 3.29. The molecule has 12 heavy (non-hydrogen) atoms. The van der Waals surface area contributed by atoms with Crippen molar-refractivity contribution in [3.05, 3.63) is 22.2 Å². The summed E-state index contributed by atoms with van der Waals surface area (Å²) in [5.74, 6) is 3.98. The van der Waals surface area contributed by atoms with E-state index in [9.17, 15) is 0 Å². The molecule has 1 aromatic rings. The molecule has 2 nitrogen and oxygen atoms in total. The predicted octanol–water partition coefficient (Wildman–Crippen LogP) is 2.10. The van der Waals surface area contributed by atoms with Crippen LogP contribution in [0.4, 0.5) is 0 Å². The van der Waals surface area contributed by atoms with E-state index in [1.54, 1.807) is 6.20 Å². The van der Waals surface area contributed by atoms with Gasteiger partial charge in [0.1, 0.15) is 11.5 Å². The normalized spacial score (nSPS) is 15.7. The number of hydrogen-bond acceptors (Lipinski definition) is 2. The van der Waals surface area contributed by atoms with E-state index in [0.717, 1.165) is 10.3 Å². The smallest absolute Gasteiger partial charge is 0.132 e. The van der Waals surface area contributed by atoms with Crippen molar-refractivity contribution in [3.63, 3.8) is 0 Å². The lowest BCUT2D eigenvalue weighted by Gasteiger charge is -1.98. The molecule has 0 atom stereocenters. The van der Waals surface area contributed by atoms with Crippen LogP contribution in [-0.4, -0.2) is 9.97 Å². The first-order chi connectivity index (χ1) is 5.81. The molecule has 0 radical (unpaired) electrons. The molecule has 1 aliphatic rings. The van der Waals surface area contributed by atoms with Gasteiger partial charge in [0.05, 0.1) is 4.47 Å². The van der Waals surface area contributed by atoms with Gasteiger partial charge in [0.15, 0.2) is 0 Å². The molecule has 0 N–H and O–H groups in total. The average molecular weight is 223 g/mol. The number of nitrogens with zero attached hydrogens (tertiary/aromatic N) is 2. The van der Waals surface area contributed by atoms with Crippen molar-refractivity contribution in [1.29, 1.82) is 0 Å². The van der Waals surface area contributed by atoms with Gasteiger partial charge in [-0.2, -0.15) is 0 Å². The Labute approximate surface area is 79.6 Å². The summed E-state index contributed by atoms with van der Waals surface area (Å²) in [6.07, 6.45) is 9.40. The van der Waals surface area contributed by atoms with Crippen LogP contribution < -0.4 is 0 Å². The predicted molar refractivity (Wildman–Crippen MR) is 49.6 cm³/mol. The molecule has 3 heteroatoms. The molecule has 0 unspecified atom stereocenters. The van der Waals surface area contributed by atoms with Gasteiger partial charge in [0, 0.05) is 12.1 Å². The number of terminal acetylenes is 1. The van der Waals surface area contributed by atoms with E-state index in [1.165, 1.54) is 12.8 Å². The lowest BCUT2D eigenvalue weighted by Crippen LogP contribution is -1.95. The minimum atomic E-state index is 0.560. The van der Waals surface area contributed by atoms with Gasteiger partial charge < -0.3 is 0 Å². The number of hydrogen-bond donors (Lipinski definition) is 0. The Morgan fingerprint density at radius 2 is 2.33 bits per heavy atom. The van der Waals surface area contributed by atoms with E-state index < -0.39 is 0 Å². The van der Waals surface area contributed by atoms with Crippen LogP contribution in [0.1, 0.15) is 30.3 Å². The van der Waals surface area contributed by atoms with E-state index in [2.05, 4.69) is 31.8 Å². The lowest BCUT2D eigenvalue weighted by molar-refractivity contribution is 0.914. The summed E-state index contributed by atoms with van der Waals surface area (Å²) in [5, 5.41) is 0. The zero-order valence-corrected chi connectivity index (χ0v) is 8.00. The SMILES string of the molecule is C#Cc1nc(C2CC2)ncc1Br. The van der Waals surface area contributed by atoms with Crippen LogP contribution >= 0.6 is 15.9 Å². The van der Waals surface area contributed by atoms with Gasteiger partial charge in [-0.3, -0.25) is 0 Å². The number of rotatable bonds is 1. The van der Waals surface area contributed by atoms with Crippen molar-refractivity contribution in [2.45, 2.75) is 18.8 Å². The largest absolute Gasteiger partial charge is 0.240 e. The second kappa shape index (κ2) is 2.87. The lowest BCUT2D eigenvalue weighted by atomic mass is 10.3. The van der Waals surface area contributed by atoms with Crippen molar-refractivity contribution in [2.75, 3.05) is 0 Å². The van der Waals surface area contributed by atoms with E-state index in [0.29, 0.717) is 11.6 Å². The third kappa shape index (κ3) is 1.35. The molecule has 1 fully saturated rings. The summed E-state index contributed by atoms with van der Waals surface area (Å²) in [7, 11) is 0. The van der Waals surface area contributed by atoms with Gasteiger partial charge >= 0.3 is 0 Å². The summed E-state index contributed by atoms with van der Waals surface area (Å²) in [4.78, 5) is 8.45. The molecule has 1 saturated carbocycles. The second-order valence-electron chi connectivity index (χ2n) is 2.84. The van der Waals surface area contributed by atoms with Crippen LogP contribution in [0, 0.1) is 12.3 Å². The van der Waals surface area contributed by atoms with Gasteiger partial charge in [-0.1, -0.05) is 0 Å². The highest BCUT2D eigenvalue weighted by Gasteiger charge is 2.26. The Balaban J connectivity index is 2.42. The monoisotopic (exact) mass is 222 g/mol. The highest BCUT2D eigenvalue weighted by Crippen LogP contribution is 2.38. The molecule has 0 aromatic carbocycles.